The van der Waals surface area contributed by atoms with Crippen molar-refractivity contribution < 1.29 is 4.79 Å². The summed E-state index contributed by atoms with van der Waals surface area (Å²) in [4.78, 5) is 18.6. The molecule has 0 aliphatic heterocycles. The van der Waals surface area contributed by atoms with Gasteiger partial charge in [0, 0.05) is 18.8 Å². The van der Waals surface area contributed by atoms with Crippen molar-refractivity contribution >= 4 is 6.29 Å². The van der Waals surface area contributed by atoms with E-state index >= 15 is 0 Å². The molecular formula is C11H12N4O. The maximum Gasteiger partial charge on any atom is 0.192 e. The van der Waals surface area contributed by atoms with Gasteiger partial charge in [0.1, 0.15) is 0 Å². The highest BCUT2D eigenvalue weighted by Crippen LogP contribution is 2.23. The Labute approximate surface area is 93.2 Å². The van der Waals surface area contributed by atoms with Crippen LogP contribution in [0.15, 0.2) is 12.4 Å². The number of aryl methyl sites for hydroxylation is 3. The van der Waals surface area contributed by atoms with Gasteiger partial charge >= 0.3 is 0 Å². The molecule has 0 saturated heterocycles. The van der Waals surface area contributed by atoms with Crippen LogP contribution in [0.5, 0.6) is 0 Å². The van der Waals surface area contributed by atoms with Gasteiger partial charge in [0.05, 0.1) is 17.6 Å². The zero-order valence-electron chi connectivity index (χ0n) is 9.43. The van der Waals surface area contributed by atoms with Gasteiger partial charge in [-0.2, -0.15) is 5.10 Å². The minimum atomic E-state index is 0.209. The lowest BCUT2D eigenvalue weighted by atomic mass is 10.1. The van der Waals surface area contributed by atoms with Crippen LogP contribution in [0.1, 0.15) is 21.9 Å². The Hall–Kier alpha value is -2.04. The minimum absolute atomic E-state index is 0.209. The van der Waals surface area contributed by atoms with Crippen LogP contribution in [0, 0.1) is 13.8 Å². The first-order valence-electron chi connectivity index (χ1n) is 4.91. The van der Waals surface area contributed by atoms with Crippen molar-refractivity contribution in [2.75, 3.05) is 0 Å². The first-order chi connectivity index (χ1) is 7.63. The predicted molar refractivity (Wildman–Crippen MR) is 59.1 cm³/mol. The predicted octanol–water partition coefficient (Wildman–Crippen LogP) is 1.31. The summed E-state index contributed by atoms with van der Waals surface area (Å²) in [6, 6.07) is 0. The summed E-state index contributed by atoms with van der Waals surface area (Å²) in [7, 11) is 1.87. The van der Waals surface area contributed by atoms with Gasteiger partial charge in [0.25, 0.3) is 0 Å². The molecule has 0 atom stereocenters. The lowest BCUT2D eigenvalue weighted by Crippen LogP contribution is -2.01. The van der Waals surface area contributed by atoms with E-state index in [4.69, 9.17) is 0 Å². The summed E-state index contributed by atoms with van der Waals surface area (Å²) in [5.41, 5.74) is 3.73. The molecular weight excluding hydrogens is 204 g/mol. The van der Waals surface area contributed by atoms with Crippen LogP contribution in [-0.2, 0) is 7.05 Å². The molecule has 0 saturated carbocycles. The van der Waals surface area contributed by atoms with E-state index in [2.05, 4.69) is 15.1 Å². The van der Waals surface area contributed by atoms with Crippen LogP contribution in [0.3, 0.4) is 0 Å². The average molecular weight is 216 g/mol. The molecule has 2 aromatic heterocycles. The number of carbonyl (C=O) groups is 1. The summed E-state index contributed by atoms with van der Waals surface area (Å²) >= 11 is 0. The van der Waals surface area contributed by atoms with Crippen LogP contribution in [0.4, 0.5) is 0 Å². The molecule has 0 N–H and O–H groups in total. The van der Waals surface area contributed by atoms with Gasteiger partial charge in [0.15, 0.2) is 12.1 Å². The highest BCUT2D eigenvalue weighted by atomic mass is 16.1. The zero-order chi connectivity index (χ0) is 11.7. The van der Waals surface area contributed by atoms with E-state index in [1.165, 1.54) is 0 Å². The van der Waals surface area contributed by atoms with Crippen molar-refractivity contribution in [3.05, 3.63) is 29.5 Å². The smallest absolute Gasteiger partial charge is 0.192 e. The quantitative estimate of drug-likeness (QED) is 0.710. The summed E-state index contributed by atoms with van der Waals surface area (Å²) in [6.45, 7) is 3.84. The highest BCUT2D eigenvalue weighted by Gasteiger charge is 2.11. The topological polar surface area (TPSA) is 60.7 Å². The first-order valence-corrected chi connectivity index (χ1v) is 4.91. The molecule has 0 amide bonds. The Morgan fingerprint density at radius 2 is 2.06 bits per heavy atom. The third-order valence-electron chi connectivity index (χ3n) is 2.48. The monoisotopic (exact) mass is 216 g/mol. The summed E-state index contributed by atoms with van der Waals surface area (Å²) in [6.07, 6.45) is 4.10. The van der Waals surface area contributed by atoms with E-state index in [1.807, 2.05) is 20.9 Å². The van der Waals surface area contributed by atoms with Gasteiger partial charge in [-0.3, -0.25) is 9.48 Å². The number of nitrogens with zero attached hydrogens (tertiary/aromatic N) is 4. The maximum absolute atomic E-state index is 10.5. The number of rotatable bonds is 2. The molecule has 16 heavy (non-hydrogen) atoms. The van der Waals surface area contributed by atoms with E-state index in [0.717, 1.165) is 22.5 Å². The van der Waals surface area contributed by atoms with Gasteiger partial charge < -0.3 is 0 Å². The van der Waals surface area contributed by atoms with Crippen molar-refractivity contribution in [3.63, 3.8) is 0 Å². The molecule has 2 aromatic rings. The summed E-state index contributed by atoms with van der Waals surface area (Å²) in [5, 5.41) is 4.17. The molecule has 0 aromatic carbocycles. The third kappa shape index (κ3) is 1.60. The van der Waals surface area contributed by atoms with Gasteiger partial charge in [-0.15, -0.1) is 0 Å². The van der Waals surface area contributed by atoms with Gasteiger partial charge in [-0.1, -0.05) is 0 Å². The molecule has 0 radical (unpaired) electrons. The van der Waals surface area contributed by atoms with Crippen molar-refractivity contribution in [3.8, 4) is 11.3 Å². The average Bonchev–Trinajstić information content (AvgIpc) is 2.59. The number of hydrogen-bond acceptors (Lipinski definition) is 4. The second-order valence-corrected chi connectivity index (χ2v) is 3.64. The summed E-state index contributed by atoms with van der Waals surface area (Å²) < 4.78 is 1.78. The van der Waals surface area contributed by atoms with Gasteiger partial charge in [0.2, 0.25) is 0 Å². The molecule has 0 spiro atoms. The fourth-order valence-corrected chi connectivity index (χ4v) is 1.71. The number of carbonyl (C=O) groups excluding carboxylic acids is 1. The highest BCUT2D eigenvalue weighted by molar-refractivity contribution is 5.71. The Morgan fingerprint density at radius 3 is 2.56 bits per heavy atom. The minimum Gasteiger partial charge on any atom is -0.294 e. The number of aromatic nitrogens is 4. The van der Waals surface area contributed by atoms with Crippen LogP contribution in [0.2, 0.25) is 0 Å². The van der Waals surface area contributed by atoms with E-state index in [0.29, 0.717) is 6.29 Å². The normalized spacial score (nSPS) is 10.4. The molecule has 5 heteroatoms. The van der Waals surface area contributed by atoms with Crippen LogP contribution >= 0.6 is 0 Å². The molecule has 5 nitrogen and oxygen atoms in total. The molecule has 0 fully saturated rings. The van der Waals surface area contributed by atoms with E-state index in [9.17, 15) is 4.79 Å². The Morgan fingerprint density at radius 1 is 1.31 bits per heavy atom. The van der Waals surface area contributed by atoms with Crippen LogP contribution in [-0.4, -0.2) is 26.0 Å². The zero-order valence-corrected chi connectivity index (χ0v) is 9.43. The Bertz CT molecular complexity index is 525. The van der Waals surface area contributed by atoms with Crippen molar-refractivity contribution in [2.45, 2.75) is 13.8 Å². The van der Waals surface area contributed by atoms with E-state index < -0.39 is 0 Å². The number of aldehydes is 1. The fraction of sp³-hybridized carbons (Fsp3) is 0.273. The largest absolute Gasteiger partial charge is 0.294 e. The third-order valence-corrected chi connectivity index (χ3v) is 2.48. The van der Waals surface area contributed by atoms with E-state index in [-0.39, 0.29) is 5.82 Å². The van der Waals surface area contributed by atoms with Gasteiger partial charge in [-0.25, -0.2) is 9.97 Å². The van der Waals surface area contributed by atoms with Crippen molar-refractivity contribution in [2.24, 2.45) is 7.05 Å². The van der Waals surface area contributed by atoms with Crippen LogP contribution < -0.4 is 0 Å². The SMILES string of the molecule is Cc1cnn(C)c1-c1cnc(C=O)nc1C. The second-order valence-electron chi connectivity index (χ2n) is 3.64. The summed E-state index contributed by atoms with van der Waals surface area (Å²) in [5.74, 6) is 0.209. The van der Waals surface area contributed by atoms with E-state index in [1.54, 1.807) is 17.1 Å². The standard InChI is InChI=1S/C11H12N4O/c1-7-4-13-15(3)11(7)9-5-12-10(6-16)14-8(9)2/h4-6H,1-3H3. The second kappa shape index (κ2) is 3.84. The van der Waals surface area contributed by atoms with Crippen LogP contribution in [0.25, 0.3) is 11.3 Å². The molecule has 0 aliphatic rings. The van der Waals surface area contributed by atoms with Crippen molar-refractivity contribution in [1.29, 1.82) is 0 Å². The lowest BCUT2D eigenvalue weighted by molar-refractivity contribution is 0.111. The molecule has 0 aliphatic carbocycles. The first kappa shape index (κ1) is 10.5. The molecule has 2 heterocycles. The Balaban J connectivity index is 2.61. The fourth-order valence-electron chi connectivity index (χ4n) is 1.71. The Kier molecular flexibility index (Phi) is 2.52. The molecule has 2 rings (SSSR count). The lowest BCUT2D eigenvalue weighted by Gasteiger charge is -2.06. The van der Waals surface area contributed by atoms with Crippen molar-refractivity contribution in [1.82, 2.24) is 19.7 Å². The molecule has 0 unspecified atom stereocenters. The van der Waals surface area contributed by atoms with Gasteiger partial charge in [-0.05, 0) is 19.4 Å². The molecule has 0 bridgehead atoms. The number of hydrogen-bond donors (Lipinski definition) is 0. The maximum atomic E-state index is 10.5. The molecule has 82 valence electrons.